The molecule has 84 valence electrons. The monoisotopic (exact) mass is 242 g/mol. The van der Waals surface area contributed by atoms with Crippen molar-refractivity contribution in [3.05, 3.63) is 41.0 Å². The second kappa shape index (κ2) is 4.31. The maximum Gasteiger partial charge on any atom is 0.257 e. The minimum atomic E-state index is -2.65. The number of nitrogens with zero attached hydrogens (tertiary/aromatic N) is 1. The third-order valence-electron chi connectivity index (χ3n) is 2.34. The summed E-state index contributed by atoms with van der Waals surface area (Å²) in [6.45, 7) is 0. The van der Waals surface area contributed by atoms with Crippen molar-refractivity contribution < 1.29 is 8.78 Å². The Bertz CT molecular complexity index is 516. The SMILES string of the molecule is NC(c1cc2ccccc2nc1Cl)C(F)F. The molecular formula is C11H9ClF2N2. The van der Waals surface area contributed by atoms with E-state index in [9.17, 15) is 8.78 Å². The van der Waals surface area contributed by atoms with Gasteiger partial charge in [0.1, 0.15) is 5.15 Å². The summed E-state index contributed by atoms with van der Waals surface area (Å²) >= 11 is 5.82. The van der Waals surface area contributed by atoms with Gasteiger partial charge < -0.3 is 5.73 Å². The molecule has 0 fully saturated rings. The van der Waals surface area contributed by atoms with Crippen LogP contribution in [0.1, 0.15) is 11.6 Å². The van der Waals surface area contributed by atoms with E-state index in [0.717, 1.165) is 5.39 Å². The molecule has 1 unspecified atom stereocenters. The Hall–Kier alpha value is -1.26. The summed E-state index contributed by atoms with van der Waals surface area (Å²) < 4.78 is 25.0. The van der Waals surface area contributed by atoms with E-state index >= 15 is 0 Å². The normalized spacial score (nSPS) is 13.3. The molecule has 0 amide bonds. The second-order valence-electron chi connectivity index (χ2n) is 3.42. The zero-order valence-electron chi connectivity index (χ0n) is 8.20. The van der Waals surface area contributed by atoms with E-state index in [0.29, 0.717) is 5.52 Å². The standard InChI is InChI=1S/C11H9ClF2N2/c12-10-7(9(15)11(13)14)5-6-3-1-2-4-8(6)16-10/h1-5,9,11H,15H2. The average molecular weight is 243 g/mol. The van der Waals surface area contributed by atoms with Crippen LogP contribution >= 0.6 is 11.6 Å². The van der Waals surface area contributed by atoms with Crippen LogP contribution in [0.4, 0.5) is 8.78 Å². The van der Waals surface area contributed by atoms with Crippen LogP contribution in [0.25, 0.3) is 10.9 Å². The lowest BCUT2D eigenvalue weighted by Gasteiger charge is -2.12. The number of hydrogen-bond acceptors (Lipinski definition) is 2. The van der Waals surface area contributed by atoms with Crippen LogP contribution in [0, 0.1) is 0 Å². The number of benzene rings is 1. The topological polar surface area (TPSA) is 38.9 Å². The predicted octanol–water partition coefficient (Wildman–Crippen LogP) is 3.15. The number of pyridine rings is 1. The number of fused-ring (bicyclic) bond motifs is 1. The molecule has 5 heteroatoms. The molecule has 0 saturated heterocycles. The molecule has 16 heavy (non-hydrogen) atoms. The third kappa shape index (κ3) is 1.99. The fourth-order valence-corrected chi connectivity index (χ4v) is 1.75. The molecule has 2 rings (SSSR count). The first kappa shape index (κ1) is 11.2. The molecule has 1 aromatic carbocycles. The Morgan fingerprint density at radius 3 is 2.62 bits per heavy atom. The molecule has 2 N–H and O–H groups in total. The van der Waals surface area contributed by atoms with Crippen LogP contribution in [0.2, 0.25) is 5.15 Å². The van der Waals surface area contributed by atoms with Gasteiger partial charge in [-0.3, -0.25) is 0 Å². The quantitative estimate of drug-likeness (QED) is 0.822. The average Bonchev–Trinajstić information content (AvgIpc) is 2.27. The molecule has 0 aliphatic rings. The van der Waals surface area contributed by atoms with Gasteiger partial charge in [-0.1, -0.05) is 29.8 Å². The fourth-order valence-electron chi connectivity index (χ4n) is 1.48. The van der Waals surface area contributed by atoms with Crippen molar-refractivity contribution in [2.24, 2.45) is 5.73 Å². The Kier molecular flexibility index (Phi) is 3.03. The number of alkyl halides is 2. The van der Waals surface area contributed by atoms with Gasteiger partial charge in [-0.25, -0.2) is 13.8 Å². The summed E-state index contributed by atoms with van der Waals surface area (Å²) in [5.74, 6) is 0. The molecule has 2 nitrogen and oxygen atoms in total. The Balaban J connectivity index is 2.58. The van der Waals surface area contributed by atoms with Gasteiger partial charge in [0, 0.05) is 10.9 Å². The van der Waals surface area contributed by atoms with Crippen molar-refractivity contribution in [2.45, 2.75) is 12.5 Å². The fraction of sp³-hybridized carbons (Fsp3) is 0.182. The highest BCUT2D eigenvalue weighted by Crippen LogP contribution is 2.27. The van der Waals surface area contributed by atoms with Gasteiger partial charge in [0.05, 0.1) is 11.6 Å². The minimum absolute atomic E-state index is 0.0338. The summed E-state index contributed by atoms with van der Waals surface area (Å²) in [6.07, 6.45) is -2.65. The van der Waals surface area contributed by atoms with Crippen molar-refractivity contribution >= 4 is 22.5 Å². The van der Waals surface area contributed by atoms with Gasteiger partial charge >= 0.3 is 0 Å². The van der Waals surface area contributed by atoms with E-state index in [-0.39, 0.29) is 10.7 Å². The zero-order chi connectivity index (χ0) is 11.7. The number of para-hydroxylation sites is 1. The number of aromatic nitrogens is 1. The first-order valence-electron chi connectivity index (χ1n) is 4.68. The van der Waals surface area contributed by atoms with Crippen molar-refractivity contribution in [3.8, 4) is 0 Å². The van der Waals surface area contributed by atoms with Crippen molar-refractivity contribution in [1.29, 1.82) is 0 Å². The molecule has 1 atom stereocenters. The molecule has 0 spiro atoms. The van der Waals surface area contributed by atoms with E-state index in [1.54, 1.807) is 30.3 Å². The van der Waals surface area contributed by atoms with E-state index in [2.05, 4.69) is 4.98 Å². The minimum Gasteiger partial charge on any atom is -0.319 e. The van der Waals surface area contributed by atoms with Gasteiger partial charge in [0.25, 0.3) is 6.43 Å². The number of halogens is 3. The van der Waals surface area contributed by atoms with Crippen molar-refractivity contribution in [3.63, 3.8) is 0 Å². The van der Waals surface area contributed by atoms with Gasteiger partial charge in [-0.2, -0.15) is 0 Å². The second-order valence-corrected chi connectivity index (χ2v) is 3.78. The first-order valence-corrected chi connectivity index (χ1v) is 5.06. The molecule has 2 aromatic rings. The third-order valence-corrected chi connectivity index (χ3v) is 2.64. The van der Waals surface area contributed by atoms with Crippen LogP contribution in [0.5, 0.6) is 0 Å². The van der Waals surface area contributed by atoms with Gasteiger partial charge in [-0.15, -0.1) is 0 Å². The summed E-state index contributed by atoms with van der Waals surface area (Å²) in [5, 5.41) is 0.782. The number of rotatable bonds is 2. The number of hydrogen-bond donors (Lipinski definition) is 1. The Morgan fingerprint density at radius 2 is 1.94 bits per heavy atom. The van der Waals surface area contributed by atoms with E-state index in [1.807, 2.05) is 0 Å². The lowest BCUT2D eigenvalue weighted by molar-refractivity contribution is 0.116. The summed E-state index contributed by atoms with van der Waals surface area (Å²) in [5.41, 5.74) is 6.20. The van der Waals surface area contributed by atoms with Crippen molar-refractivity contribution in [2.75, 3.05) is 0 Å². The maximum absolute atomic E-state index is 12.5. The predicted molar refractivity (Wildman–Crippen MR) is 59.7 cm³/mol. The van der Waals surface area contributed by atoms with E-state index in [4.69, 9.17) is 17.3 Å². The lowest BCUT2D eigenvalue weighted by atomic mass is 10.1. The maximum atomic E-state index is 12.5. The molecule has 0 aliphatic heterocycles. The largest absolute Gasteiger partial charge is 0.319 e. The Morgan fingerprint density at radius 1 is 1.25 bits per heavy atom. The molecule has 0 saturated carbocycles. The van der Waals surface area contributed by atoms with Gasteiger partial charge in [-0.05, 0) is 12.1 Å². The molecular weight excluding hydrogens is 234 g/mol. The van der Waals surface area contributed by atoms with Crippen molar-refractivity contribution in [1.82, 2.24) is 4.98 Å². The lowest BCUT2D eigenvalue weighted by Crippen LogP contribution is -2.19. The molecule has 1 heterocycles. The van der Waals surface area contributed by atoms with Gasteiger partial charge in [0.15, 0.2) is 0 Å². The highest BCUT2D eigenvalue weighted by atomic mass is 35.5. The number of nitrogens with two attached hydrogens (primary N) is 1. The van der Waals surface area contributed by atoms with Crippen LogP contribution in [0.15, 0.2) is 30.3 Å². The van der Waals surface area contributed by atoms with Crippen LogP contribution < -0.4 is 5.73 Å². The first-order chi connectivity index (χ1) is 7.59. The molecule has 0 radical (unpaired) electrons. The van der Waals surface area contributed by atoms with Crippen LogP contribution in [0.3, 0.4) is 0 Å². The highest BCUT2D eigenvalue weighted by Gasteiger charge is 2.21. The molecule has 0 bridgehead atoms. The highest BCUT2D eigenvalue weighted by molar-refractivity contribution is 6.30. The zero-order valence-corrected chi connectivity index (χ0v) is 8.96. The summed E-state index contributed by atoms with van der Waals surface area (Å²) in [6, 6.07) is 7.30. The molecule has 0 aliphatic carbocycles. The molecule has 1 aromatic heterocycles. The van der Waals surface area contributed by atoms with E-state index < -0.39 is 12.5 Å². The van der Waals surface area contributed by atoms with Crippen LogP contribution in [-0.2, 0) is 0 Å². The summed E-state index contributed by atoms with van der Waals surface area (Å²) in [4.78, 5) is 4.03. The summed E-state index contributed by atoms with van der Waals surface area (Å²) in [7, 11) is 0. The van der Waals surface area contributed by atoms with E-state index in [1.165, 1.54) is 0 Å². The smallest absolute Gasteiger partial charge is 0.257 e. The van der Waals surface area contributed by atoms with Gasteiger partial charge in [0.2, 0.25) is 0 Å². The van der Waals surface area contributed by atoms with Crippen LogP contribution in [-0.4, -0.2) is 11.4 Å². The Labute approximate surface area is 96.0 Å².